The Balaban J connectivity index is 2.32. The molecule has 1 rings (SSSR count). The Morgan fingerprint density at radius 3 is 2.57 bits per heavy atom. The third kappa shape index (κ3) is 7.89. The van der Waals surface area contributed by atoms with E-state index >= 15 is 0 Å². The summed E-state index contributed by atoms with van der Waals surface area (Å²) in [7, 11) is 0. The minimum absolute atomic E-state index is 0.0408. The molecule has 0 heterocycles. The number of ether oxygens (including phenoxy) is 1. The molecule has 0 bridgehead atoms. The number of carboxylic acids is 1. The van der Waals surface area contributed by atoms with E-state index in [4.69, 9.17) is 9.84 Å². The molecule has 0 radical (unpaired) electrons. The normalized spacial score (nSPS) is 10.7. The SMILES string of the molecule is CCCOCCC(=O)NCc1ccc(C=CC(=O)O)cc1. The highest BCUT2D eigenvalue weighted by Gasteiger charge is 2.01. The Kier molecular flexibility index (Phi) is 7.82. The van der Waals surface area contributed by atoms with Crippen LogP contribution in [0.4, 0.5) is 0 Å². The third-order valence-electron chi connectivity index (χ3n) is 2.71. The van der Waals surface area contributed by atoms with Crippen molar-refractivity contribution in [2.75, 3.05) is 13.2 Å². The number of benzene rings is 1. The molecule has 0 saturated carbocycles. The summed E-state index contributed by atoms with van der Waals surface area (Å²) in [4.78, 5) is 22.0. The molecule has 0 unspecified atom stereocenters. The van der Waals surface area contributed by atoms with Crippen LogP contribution in [-0.4, -0.2) is 30.2 Å². The van der Waals surface area contributed by atoms with Crippen molar-refractivity contribution in [2.45, 2.75) is 26.3 Å². The predicted octanol–water partition coefficient (Wildman–Crippen LogP) is 2.22. The molecule has 0 spiro atoms. The molecule has 0 fully saturated rings. The summed E-state index contributed by atoms with van der Waals surface area (Å²) in [5.41, 5.74) is 1.77. The van der Waals surface area contributed by atoms with E-state index in [1.54, 1.807) is 0 Å². The number of hydrogen-bond donors (Lipinski definition) is 2. The van der Waals surface area contributed by atoms with E-state index in [-0.39, 0.29) is 5.91 Å². The van der Waals surface area contributed by atoms with Gasteiger partial charge in [-0.2, -0.15) is 0 Å². The van der Waals surface area contributed by atoms with Crippen LogP contribution >= 0.6 is 0 Å². The first kappa shape index (κ1) is 16.9. The van der Waals surface area contributed by atoms with E-state index in [0.717, 1.165) is 23.6 Å². The van der Waals surface area contributed by atoms with Gasteiger partial charge in [-0.3, -0.25) is 4.79 Å². The molecule has 0 aromatic heterocycles. The summed E-state index contributed by atoms with van der Waals surface area (Å²) < 4.78 is 5.25. The lowest BCUT2D eigenvalue weighted by Crippen LogP contribution is -2.23. The van der Waals surface area contributed by atoms with Crippen molar-refractivity contribution in [3.05, 3.63) is 41.5 Å². The fraction of sp³-hybridized carbons (Fsp3) is 0.375. The van der Waals surface area contributed by atoms with E-state index in [1.165, 1.54) is 6.08 Å². The van der Waals surface area contributed by atoms with Crippen LogP contribution in [0.25, 0.3) is 6.08 Å². The van der Waals surface area contributed by atoms with Crippen molar-refractivity contribution >= 4 is 18.0 Å². The van der Waals surface area contributed by atoms with Gasteiger partial charge in [-0.05, 0) is 23.6 Å². The van der Waals surface area contributed by atoms with Gasteiger partial charge in [0.25, 0.3) is 0 Å². The average molecular weight is 291 g/mol. The quantitative estimate of drug-likeness (QED) is 0.540. The summed E-state index contributed by atoms with van der Waals surface area (Å²) in [6, 6.07) is 7.33. The molecule has 0 aliphatic heterocycles. The van der Waals surface area contributed by atoms with Crippen LogP contribution < -0.4 is 5.32 Å². The van der Waals surface area contributed by atoms with E-state index in [2.05, 4.69) is 5.32 Å². The number of nitrogens with one attached hydrogen (secondary N) is 1. The Hall–Kier alpha value is -2.14. The molecular formula is C16H21NO4. The second kappa shape index (κ2) is 9.72. The van der Waals surface area contributed by atoms with Gasteiger partial charge in [-0.25, -0.2) is 4.79 Å². The topological polar surface area (TPSA) is 75.6 Å². The Labute approximate surface area is 124 Å². The number of carbonyl (C=O) groups is 2. The smallest absolute Gasteiger partial charge is 0.328 e. The summed E-state index contributed by atoms with van der Waals surface area (Å²) in [6.45, 7) is 3.60. The Morgan fingerprint density at radius 1 is 1.24 bits per heavy atom. The molecule has 5 nitrogen and oxygen atoms in total. The van der Waals surface area contributed by atoms with Crippen LogP contribution in [0.15, 0.2) is 30.3 Å². The molecule has 0 saturated heterocycles. The average Bonchev–Trinajstić information content (AvgIpc) is 2.48. The maximum absolute atomic E-state index is 11.6. The Bertz CT molecular complexity index is 480. The van der Waals surface area contributed by atoms with Crippen molar-refractivity contribution in [2.24, 2.45) is 0 Å². The summed E-state index contributed by atoms with van der Waals surface area (Å²) in [6.07, 6.45) is 3.92. The van der Waals surface area contributed by atoms with Gasteiger partial charge in [0.1, 0.15) is 0 Å². The number of carboxylic acid groups (broad SMARTS) is 1. The maximum atomic E-state index is 11.6. The van der Waals surface area contributed by atoms with Crippen molar-refractivity contribution in [3.63, 3.8) is 0 Å². The highest BCUT2D eigenvalue weighted by atomic mass is 16.5. The Morgan fingerprint density at radius 2 is 1.95 bits per heavy atom. The lowest BCUT2D eigenvalue weighted by molar-refractivity contribution is -0.131. The zero-order valence-electron chi connectivity index (χ0n) is 12.2. The summed E-state index contributed by atoms with van der Waals surface area (Å²) in [5, 5.41) is 11.3. The molecule has 5 heteroatoms. The largest absolute Gasteiger partial charge is 0.478 e. The van der Waals surface area contributed by atoms with Gasteiger partial charge in [-0.15, -0.1) is 0 Å². The van der Waals surface area contributed by atoms with Gasteiger partial charge in [0.2, 0.25) is 5.91 Å². The van der Waals surface area contributed by atoms with E-state index in [9.17, 15) is 9.59 Å². The fourth-order valence-electron chi connectivity index (χ4n) is 1.61. The second-order valence-electron chi connectivity index (χ2n) is 4.55. The first-order valence-corrected chi connectivity index (χ1v) is 6.96. The van der Waals surface area contributed by atoms with Crippen molar-refractivity contribution in [1.29, 1.82) is 0 Å². The molecule has 0 aliphatic rings. The number of aliphatic carboxylic acids is 1. The van der Waals surface area contributed by atoms with Gasteiger partial charge in [-0.1, -0.05) is 31.2 Å². The van der Waals surface area contributed by atoms with E-state index < -0.39 is 5.97 Å². The molecule has 2 N–H and O–H groups in total. The molecule has 1 aromatic carbocycles. The minimum Gasteiger partial charge on any atom is -0.478 e. The van der Waals surface area contributed by atoms with Crippen LogP contribution in [-0.2, 0) is 20.9 Å². The molecule has 0 atom stereocenters. The number of amides is 1. The summed E-state index contributed by atoms with van der Waals surface area (Å²) >= 11 is 0. The van der Waals surface area contributed by atoms with E-state index in [1.807, 2.05) is 31.2 Å². The lowest BCUT2D eigenvalue weighted by atomic mass is 10.1. The monoisotopic (exact) mass is 291 g/mol. The molecule has 1 aromatic rings. The number of rotatable bonds is 9. The molecule has 0 aliphatic carbocycles. The number of hydrogen-bond acceptors (Lipinski definition) is 3. The van der Waals surface area contributed by atoms with Crippen LogP contribution in [0.5, 0.6) is 0 Å². The van der Waals surface area contributed by atoms with Crippen LogP contribution in [0.2, 0.25) is 0 Å². The molecule has 1 amide bonds. The van der Waals surface area contributed by atoms with Gasteiger partial charge >= 0.3 is 5.97 Å². The third-order valence-corrected chi connectivity index (χ3v) is 2.71. The number of carbonyl (C=O) groups excluding carboxylic acids is 1. The van der Waals surface area contributed by atoms with Crippen molar-refractivity contribution in [1.82, 2.24) is 5.32 Å². The lowest BCUT2D eigenvalue weighted by Gasteiger charge is -2.06. The van der Waals surface area contributed by atoms with E-state index in [0.29, 0.717) is 26.2 Å². The molecule has 114 valence electrons. The van der Waals surface area contributed by atoms with Crippen LogP contribution in [0.3, 0.4) is 0 Å². The fourth-order valence-corrected chi connectivity index (χ4v) is 1.61. The molecular weight excluding hydrogens is 270 g/mol. The molecule has 21 heavy (non-hydrogen) atoms. The zero-order valence-corrected chi connectivity index (χ0v) is 12.2. The highest BCUT2D eigenvalue weighted by Crippen LogP contribution is 2.06. The standard InChI is InChI=1S/C16H21NO4/c1-2-10-21-11-9-15(18)17-12-14-5-3-13(4-6-14)7-8-16(19)20/h3-8H,2,9-12H2,1H3,(H,17,18)(H,19,20). The maximum Gasteiger partial charge on any atom is 0.328 e. The highest BCUT2D eigenvalue weighted by molar-refractivity contribution is 5.85. The first-order valence-electron chi connectivity index (χ1n) is 6.96. The summed E-state index contributed by atoms with van der Waals surface area (Å²) in [5.74, 6) is -1.02. The second-order valence-corrected chi connectivity index (χ2v) is 4.55. The van der Waals surface area contributed by atoms with Gasteiger partial charge < -0.3 is 15.2 Å². The van der Waals surface area contributed by atoms with Gasteiger partial charge in [0.05, 0.1) is 6.61 Å². The van der Waals surface area contributed by atoms with Crippen LogP contribution in [0.1, 0.15) is 30.9 Å². The van der Waals surface area contributed by atoms with Gasteiger partial charge in [0, 0.05) is 25.6 Å². The first-order chi connectivity index (χ1) is 10.1. The zero-order chi connectivity index (χ0) is 15.5. The predicted molar refractivity (Wildman–Crippen MR) is 80.7 cm³/mol. The van der Waals surface area contributed by atoms with Crippen molar-refractivity contribution in [3.8, 4) is 0 Å². The minimum atomic E-state index is -0.975. The van der Waals surface area contributed by atoms with Crippen LogP contribution in [0, 0.1) is 0 Å². The van der Waals surface area contributed by atoms with Crippen molar-refractivity contribution < 1.29 is 19.4 Å². The van der Waals surface area contributed by atoms with Gasteiger partial charge in [0.15, 0.2) is 0 Å².